The first-order valence-corrected chi connectivity index (χ1v) is 8.79. The Morgan fingerprint density at radius 3 is 2.50 bits per heavy atom. The van der Waals surface area contributed by atoms with Crippen LogP contribution in [-0.2, 0) is 11.5 Å². The van der Waals surface area contributed by atoms with E-state index in [4.69, 9.17) is 4.74 Å². The van der Waals surface area contributed by atoms with Gasteiger partial charge in [-0.3, -0.25) is 4.79 Å². The first kappa shape index (κ1) is 17.6. The number of carbonyl (C=O) groups excluding carboxylic acids is 1. The molecule has 0 radical (unpaired) electrons. The zero-order chi connectivity index (χ0) is 19.5. The molecule has 1 aromatic heterocycles. The standard InChI is InChI=1S/C22H17N3O3/c1-15-10-12-16(13-11-15)17-6-2-3-7-18(17)22(27)28-14-25-21(26)19-8-4-5-9-20(19)23-24-25/h2-13H,14H2,1H3. The van der Waals surface area contributed by atoms with Crippen molar-refractivity contribution in [3.63, 3.8) is 0 Å². The quantitative estimate of drug-likeness (QED) is 0.513. The van der Waals surface area contributed by atoms with Crippen LogP contribution in [0, 0.1) is 6.92 Å². The number of ether oxygens (including phenoxy) is 1. The Balaban J connectivity index is 1.59. The molecule has 0 aliphatic carbocycles. The molecule has 1 heterocycles. The molecule has 0 spiro atoms. The third-order valence-corrected chi connectivity index (χ3v) is 4.46. The summed E-state index contributed by atoms with van der Waals surface area (Å²) in [6.07, 6.45) is 0. The Hall–Kier alpha value is -3.80. The van der Waals surface area contributed by atoms with Crippen LogP contribution in [0.2, 0.25) is 0 Å². The van der Waals surface area contributed by atoms with Crippen molar-refractivity contribution >= 4 is 16.9 Å². The lowest BCUT2D eigenvalue weighted by Gasteiger charge is -2.10. The van der Waals surface area contributed by atoms with Crippen molar-refractivity contribution in [2.75, 3.05) is 0 Å². The molecule has 0 atom stereocenters. The molecule has 4 rings (SSSR count). The average Bonchev–Trinajstić information content (AvgIpc) is 2.74. The number of esters is 1. The van der Waals surface area contributed by atoms with Gasteiger partial charge in [0.1, 0.15) is 5.52 Å². The largest absolute Gasteiger partial charge is 0.439 e. The molecule has 0 saturated heterocycles. The van der Waals surface area contributed by atoms with E-state index in [1.54, 1.807) is 36.4 Å². The summed E-state index contributed by atoms with van der Waals surface area (Å²) in [5, 5.41) is 8.25. The van der Waals surface area contributed by atoms with Gasteiger partial charge in [0.15, 0.2) is 6.73 Å². The lowest BCUT2D eigenvalue weighted by atomic mass is 9.99. The maximum atomic E-state index is 12.7. The number of fused-ring (bicyclic) bond motifs is 1. The van der Waals surface area contributed by atoms with Crippen LogP contribution in [-0.4, -0.2) is 21.0 Å². The zero-order valence-corrected chi connectivity index (χ0v) is 15.2. The van der Waals surface area contributed by atoms with E-state index in [1.165, 1.54) is 0 Å². The number of hydrogen-bond donors (Lipinski definition) is 0. The smallest absolute Gasteiger partial charge is 0.340 e. The Morgan fingerprint density at radius 2 is 1.68 bits per heavy atom. The predicted molar refractivity (Wildman–Crippen MR) is 106 cm³/mol. The second-order valence-electron chi connectivity index (χ2n) is 6.38. The van der Waals surface area contributed by atoms with Gasteiger partial charge >= 0.3 is 5.97 Å². The van der Waals surface area contributed by atoms with Crippen LogP contribution in [0.1, 0.15) is 15.9 Å². The summed E-state index contributed by atoms with van der Waals surface area (Å²) in [5.41, 5.74) is 3.39. The van der Waals surface area contributed by atoms with Gasteiger partial charge in [0.25, 0.3) is 5.56 Å². The Labute approximate surface area is 161 Å². The van der Waals surface area contributed by atoms with E-state index in [0.717, 1.165) is 21.4 Å². The normalized spacial score (nSPS) is 10.8. The number of benzene rings is 3. The fourth-order valence-corrected chi connectivity index (χ4v) is 2.95. The second kappa shape index (κ2) is 7.44. The summed E-state index contributed by atoms with van der Waals surface area (Å²) < 4.78 is 6.39. The lowest BCUT2D eigenvalue weighted by molar-refractivity contribution is 0.0337. The summed E-state index contributed by atoms with van der Waals surface area (Å²) in [7, 11) is 0. The molecule has 138 valence electrons. The molecule has 0 unspecified atom stereocenters. The molecule has 0 N–H and O–H groups in total. The average molecular weight is 371 g/mol. The van der Waals surface area contributed by atoms with Crippen molar-refractivity contribution in [1.29, 1.82) is 0 Å². The molecule has 0 bridgehead atoms. The van der Waals surface area contributed by atoms with Crippen LogP contribution in [0.3, 0.4) is 0 Å². The fraction of sp³-hybridized carbons (Fsp3) is 0.0909. The van der Waals surface area contributed by atoms with Crippen LogP contribution < -0.4 is 5.56 Å². The summed E-state index contributed by atoms with van der Waals surface area (Å²) in [6, 6.07) is 22.0. The van der Waals surface area contributed by atoms with Crippen LogP contribution in [0.25, 0.3) is 22.0 Å². The van der Waals surface area contributed by atoms with Crippen molar-refractivity contribution < 1.29 is 9.53 Å². The molecule has 6 heteroatoms. The number of hydrogen-bond acceptors (Lipinski definition) is 5. The van der Waals surface area contributed by atoms with Crippen LogP contribution in [0.15, 0.2) is 77.6 Å². The van der Waals surface area contributed by atoms with E-state index >= 15 is 0 Å². The molecule has 0 fully saturated rings. The molecule has 0 amide bonds. The maximum absolute atomic E-state index is 12.7. The maximum Gasteiger partial charge on any atom is 0.340 e. The highest BCUT2D eigenvalue weighted by molar-refractivity contribution is 5.97. The second-order valence-corrected chi connectivity index (χ2v) is 6.38. The van der Waals surface area contributed by atoms with Gasteiger partial charge in [-0.15, -0.1) is 5.10 Å². The molecular weight excluding hydrogens is 354 g/mol. The van der Waals surface area contributed by atoms with Crippen molar-refractivity contribution in [2.45, 2.75) is 13.7 Å². The molecular formula is C22H17N3O3. The minimum absolute atomic E-state index is 0.308. The number of rotatable bonds is 4. The van der Waals surface area contributed by atoms with E-state index in [0.29, 0.717) is 16.5 Å². The third kappa shape index (κ3) is 3.40. The first-order valence-electron chi connectivity index (χ1n) is 8.79. The van der Waals surface area contributed by atoms with Crippen LogP contribution in [0.4, 0.5) is 0 Å². The summed E-state index contributed by atoms with van der Waals surface area (Å²) in [6.45, 7) is 1.70. The fourth-order valence-electron chi connectivity index (χ4n) is 2.95. The number of aromatic nitrogens is 3. The molecule has 0 saturated carbocycles. The Bertz CT molecular complexity index is 1210. The van der Waals surface area contributed by atoms with Gasteiger partial charge in [0, 0.05) is 0 Å². The molecule has 3 aromatic carbocycles. The van der Waals surface area contributed by atoms with Gasteiger partial charge in [-0.1, -0.05) is 65.4 Å². The number of aryl methyl sites for hydroxylation is 1. The summed E-state index contributed by atoms with van der Waals surface area (Å²) in [5.74, 6) is -0.530. The highest BCUT2D eigenvalue weighted by Gasteiger charge is 2.15. The van der Waals surface area contributed by atoms with Crippen molar-refractivity contribution in [3.05, 3.63) is 94.3 Å². The van der Waals surface area contributed by atoms with Crippen molar-refractivity contribution in [1.82, 2.24) is 15.0 Å². The monoisotopic (exact) mass is 371 g/mol. The predicted octanol–water partition coefficient (Wildman–Crippen LogP) is 3.58. The van der Waals surface area contributed by atoms with E-state index in [1.807, 2.05) is 43.3 Å². The molecule has 28 heavy (non-hydrogen) atoms. The van der Waals surface area contributed by atoms with E-state index in [-0.39, 0.29) is 12.3 Å². The minimum Gasteiger partial charge on any atom is -0.439 e. The Kier molecular flexibility index (Phi) is 4.68. The minimum atomic E-state index is -0.530. The van der Waals surface area contributed by atoms with Gasteiger partial charge in [0.05, 0.1) is 10.9 Å². The number of carbonyl (C=O) groups is 1. The van der Waals surface area contributed by atoms with E-state index in [2.05, 4.69) is 10.3 Å². The summed E-state index contributed by atoms with van der Waals surface area (Å²) in [4.78, 5) is 25.1. The van der Waals surface area contributed by atoms with Gasteiger partial charge in [-0.2, -0.15) is 4.68 Å². The van der Waals surface area contributed by atoms with Crippen molar-refractivity contribution in [3.8, 4) is 11.1 Å². The zero-order valence-electron chi connectivity index (χ0n) is 15.2. The molecule has 6 nitrogen and oxygen atoms in total. The van der Waals surface area contributed by atoms with E-state index in [9.17, 15) is 9.59 Å². The lowest BCUT2D eigenvalue weighted by Crippen LogP contribution is -2.26. The SMILES string of the molecule is Cc1ccc(-c2ccccc2C(=O)OCn2nnc3ccccc3c2=O)cc1. The molecule has 4 aromatic rings. The Morgan fingerprint density at radius 1 is 0.964 bits per heavy atom. The van der Waals surface area contributed by atoms with Crippen LogP contribution >= 0.6 is 0 Å². The van der Waals surface area contributed by atoms with Gasteiger partial charge in [0.2, 0.25) is 0 Å². The first-order chi connectivity index (χ1) is 13.6. The number of nitrogens with zero attached hydrogens (tertiary/aromatic N) is 3. The van der Waals surface area contributed by atoms with Crippen molar-refractivity contribution in [2.24, 2.45) is 0 Å². The van der Waals surface area contributed by atoms with E-state index < -0.39 is 5.97 Å². The topological polar surface area (TPSA) is 74.1 Å². The van der Waals surface area contributed by atoms with Crippen LogP contribution in [0.5, 0.6) is 0 Å². The summed E-state index contributed by atoms with van der Waals surface area (Å²) >= 11 is 0. The highest BCUT2D eigenvalue weighted by atomic mass is 16.5. The van der Waals surface area contributed by atoms with Gasteiger partial charge in [-0.05, 0) is 36.2 Å². The van der Waals surface area contributed by atoms with Gasteiger partial charge < -0.3 is 4.74 Å². The molecule has 0 aliphatic heterocycles. The highest BCUT2D eigenvalue weighted by Crippen LogP contribution is 2.24. The third-order valence-electron chi connectivity index (χ3n) is 4.46. The molecule has 0 aliphatic rings. The van der Waals surface area contributed by atoms with Gasteiger partial charge in [-0.25, -0.2) is 4.79 Å².